The van der Waals surface area contributed by atoms with Crippen molar-refractivity contribution < 1.29 is 28.5 Å². The number of hydrogen-bond acceptors (Lipinski definition) is 6. The lowest BCUT2D eigenvalue weighted by Crippen LogP contribution is -2.73. The third-order valence-electron chi connectivity index (χ3n) is 10.3. The van der Waals surface area contributed by atoms with Crippen molar-refractivity contribution in [3.63, 3.8) is 0 Å². The predicted molar refractivity (Wildman–Crippen MR) is 111 cm³/mol. The molecule has 31 heavy (non-hydrogen) atoms. The Hall–Kier alpha value is -0.980. The van der Waals surface area contributed by atoms with E-state index in [4.69, 9.17) is 18.9 Å². The first-order chi connectivity index (χ1) is 14.6. The fraction of sp³-hybridized carbons (Fsp3) is 0.920. The maximum absolute atomic E-state index is 14.0. The SMILES string of the molecule is CC(=O)OC[C@]1(C)CCC[C@]23CO[C@@H]4C[C@@H]5[C@H]6OC(C)(C)O[C@H](C[C@H]12)[C@@]6(C(=O)[C@@H]5C)[C@@H]43. The van der Waals surface area contributed by atoms with Crippen LogP contribution in [0.5, 0.6) is 0 Å². The molecule has 0 amide bonds. The third-order valence-corrected chi connectivity index (χ3v) is 10.3. The summed E-state index contributed by atoms with van der Waals surface area (Å²) in [6.45, 7) is 11.0. The molecule has 2 saturated heterocycles. The lowest BCUT2D eigenvalue weighted by Gasteiger charge is -2.67. The van der Waals surface area contributed by atoms with E-state index in [1.165, 1.54) is 6.92 Å². The number of Topliss-reactive ketones (excluding diaryl/α,β-unsaturated/α-hetero) is 1. The Morgan fingerprint density at radius 1 is 1.16 bits per heavy atom. The molecule has 6 nitrogen and oxygen atoms in total. The number of ether oxygens (including phenoxy) is 4. The molecular weight excluding hydrogens is 396 g/mol. The second-order valence-electron chi connectivity index (χ2n) is 12.2. The second-order valence-corrected chi connectivity index (χ2v) is 12.2. The van der Waals surface area contributed by atoms with Crippen LogP contribution in [0.25, 0.3) is 0 Å². The van der Waals surface area contributed by atoms with Crippen molar-refractivity contribution >= 4 is 11.8 Å². The molecule has 172 valence electrons. The molecule has 6 fully saturated rings. The van der Waals surface area contributed by atoms with E-state index < -0.39 is 11.2 Å². The number of hydrogen-bond donors (Lipinski definition) is 0. The van der Waals surface area contributed by atoms with E-state index in [0.717, 1.165) is 32.1 Å². The molecule has 2 bridgehead atoms. The number of carbonyl (C=O) groups excluding carboxylic acids is 2. The molecule has 2 heterocycles. The zero-order valence-electron chi connectivity index (χ0n) is 19.4. The fourth-order valence-corrected chi connectivity index (χ4v) is 9.40. The van der Waals surface area contributed by atoms with Crippen LogP contribution in [0.15, 0.2) is 0 Å². The standard InChI is InChI=1S/C25H36O6/c1-13-15-9-16-19-24(12-29-16)8-6-7-23(5,11-28-14(2)26)17(24)10-18-25(19,20(13)27)21(15)31-22(3,4)30-18/h13,15-19,21H,6-12H2,1-5H3/t13-,15+,16-,17-,18-,19+,21-,23+,24+,25+/m1/s1. The fourth-order valence-electron chi connectivity index (χ4n) is 9.40. The Morgan fingerprint density at radius 3 is 2.68 bits per heavy atom. The Labute approximate surface area is 184 Å². The van der Waals surface area contributed by atoms with Crippen molar-refractivity contribution in [1.29, 1.82) is 0 Å². The first kappa shape index (κ1) is 20.6. The van der Waals surface area contributed by atoms with Crippen LogP contribution < -0.4 is 0 Å². The van der Waals surface area contributed by atoms with Gasteiger partial charge in [0.25, 0.3) is 0 Å². The van der Waals surface area contributed by atoms with E-state index in [1.807, 2.05) is 13.8 Å². The van der Waals surface area contributed by atoms with Gasteiger partial charge in [-0.25, -0.2) is 0 Å². The van der Waals surface area contributed by atoms with Gasteiger partial charge in [-0.1, -0.05) is 20.3 Å². The average Bonchev–Trinajstić information content (AvgIpc) is 3.12. The van der Waals surface area contributed by atoms with Crippen LogP contribution in [0.1, 0.15) is 66.7 Å². The molecule has 0 N–H and O–H groups in total. The van der Waals surface area contributed by atoms with E-state index in [2.05, 4.69) is 13.8 Å². The van der Waals surface area contributed by atoms with Crippen LogP contribution in [0.2, 0.25) is 0 Å². The first-order valence-corrected chi connectivity index (χ1v) is 12.2. The van der Waals surface area contributed by atoms with E-state index in [1.54, 1.807) is 0 Å². The van der Waals surface area contributed by atoms with Crippen molar-refractivity contribution in [3.05, 3.63) is 0 Å². The molecule has 4 saturated carbocycles. The molecule has 6 aliphatic rings. The van der Waals surface area contributed by atoms with Gasteiger partial charge in [-0.3, -0.25) is 9.59 Å². The summed E-state index contributed by atoms with van der Waals surface area (Å²) in [5, 5.41) is 0. The van der Waals surface area contributed by atoms with Crippen molar-refractivity contribution in [2.45, 2.75) is 90.8 Å². The Morgan fingerprint density at radius 2 is 1.94 bits per heavy atom. The molecule has 2 aliphatic heterocycles. The zero-order valence-corrected chi connectivity index (χ0v) is 19.4. The number of carbonyl (C=O) groups is 2. The van der Waals surface area contributed by atoms with Crippen LogP contribution in [0, 0.1) is 39.9 Å². The van der Waals surface area contributed by atoms with E-state index in [-0.39, 0.29) is 52.9 Å². The Bertz CT molecular complexity index is 838. The molecule has 10 atom stereocenters. The monoisotopic (exact) mass is 432 g/mol. The van der Waals surface area contributed by atoms with Crippen LogP contribution in [-0.4, -0.2) is 49.1 Å². The zero-order chi connectivity index (χ0) is 22.0. The summed E-state index contributed by atoms with van der Waals surface area (Å²) in [6.07, 6.45) is 4.76. The lowest BCUT2D eigenvalue weighted by atomic mass is 9.39. The number of esters is 1. The highest BCUT2D eigenvalue weighted by Gasteiger charge is 2.82. The van der Waals surface area contributed by atoms with Gasteiger partial charge in [0.05, 0.1) is 36.9 Å². The van der Waals surface area contributed by atoms with Gasteiger partial charge in [0.2, 0.25) is 0 Å². The van der Waals surface area contributed by atoms with Crippen LogP contribution >= 0.6 is 0 Å². The topological polar surface area (TPSA) is 71.1 Å². The van der Waals surface area contributed by atoms with E-state index in [9.17, 15) is 9.59 Å². The molecule has 0 radical (unpaired) electrons. The summed E-state index contributed by atoms with van der Waals surface area (Å²) < 4.78 is 25.4. The van der Waals surface area contributed by atoms with Gasteiger partial charge in [-0.15, -0.1) is 0 Å². The lowest BCUT2D eigenvalue weighted by molar-refractivity contribution is -0.380. The minimum absolute atomic E-state index is 0.0104. The molecule has 4 aliphatic carbocycles. The highest BCUT2D eigenvalue weighted by molar-refractivity contribution is 5.92. The number of ketones is 1. The maximum atomic E-state index is 14.0. The molecule has 6 heteroatoms. The van der Waals surface area contributed by atoms with Crippen molar-refractivity contribution in [2.24, 2.45) is 39.9 Å². The molecule has 2 spiro atoms. The van der Waals surface area contributed by atoms with Gasteiger partial charge in [-0.2, -0.15) is 0 Å². The predicted octanol–water partition coefficient (Wildman–Crippen LogP) is 3.51. The molecule has 0 aromatic heterocycles. The van der Waals surface area contributed by atoms with Gasteiger partial charge < -0.3 is 18.9 Å². The van der Waals surface area contributed by atoms with Gasteiger partial charge in [0.15, 0.2) is 5.79 Å². The highest BCUT2D eigenvalue weighted by Crippen LogP contribution is 2.76. The molecule has 0 unspecified atom stereocenters. The minimum Gasteiger partial charge on any atom is -0.465 e. The highest BCUT2D eigenvalue weighted by atomic mass is 16.7. The second kappa shape index (κ2) is 6.12. The quantitative estimate of drug-likeness (QED) is 0.622. The van der Waals surface area contributed by atoms with Crippen LogP contribution in [-0.2, 0) is 28.5 Å². The van der Waals surface area contributed by atoms with Gasteiger partial charge in [0, 0.05) is 29.6 Å². The third kappa shape index (κ3) is 2.35. The molecule has 6 rings (SSSR count). The summed E-state index contributed by atoms with van der Waals surface area (Å²) in [5.41, 5.74) is -0.782. The minimum atomic E-state index is -0.700. The van der Waals surface area contributed by atoms with Crippen molar-refractivity contribution in [1.82, 2.24) is 0 Å². The van der Waals surface area contributed by atoms with Crippen molar-refractivity contribution in [3.8, 4) is 0 Å². The van der Waals surface area contributed by atoms with Gasteiger partial charge in [-0.05, 0) is 51.4 Å². The van der Waals surface area contributed by atoms with Gasteiger partial charge in [0.1, 0.15) is 5.78 Å². The van der Waals surface area contributed by atoms with E-state index in [0.29, 0.717) is 24.9 Å². The average molecular weight is 433 g/mol. The van der Waals surface area contributed by atoms with Crippen LogP contribution in [0.4, 0.5) is 0 Å². The first-order valence-electron chi connectivity index (χ1n) is 12.2. The summed E-state index contributed by atoms with van der Waals surface area (Å²) in [5.74, 6) is 0.0628. The largest absolute Gasteiger partial charge is 0.465 e. The molecule has 0 aromatic carbocycles. The summed E-state index contributed by atoms with van der Waals surface area (Å²) >= 11 is 0. The van der Waals surface area contributed by atoms with Gasteiger partial charge >= 0.3 is 5.97 Å². The summed E-state index contributed by atoms with van der Waals surface area (Å²) in [7, 11) is 0. The Balaban J connectivity index is 1.50. The normalized spacial score (nSPS) is 56.0. The van der Waals surface area contributed by atoms with Crippen LogP contribution in [0.3, 0.4) is 0 Å². The molecular formula is C25H36O6. The molecule has 0 aromatic rings. The Kier molecular flexibility index (Phi) is 4.07. The smallest absolute Gasteiger partial charge is 0.302 e. The number of rotatable bonds is 2. The summed E-state index contributed by atoms with van der Waals surface area (Å²) in [6, 6.07) is 0. The van der Waals surface area contributed by atoms with E-state index >= 15 is 0 Å². The van der Waals surface area contributed by atoms with Crippen molar-refractivity contribution in [2.75, 3.05) is 13.2 Å². The maximum Gasteiger partial charge on any atom is 0.302 e. The summed E-state index contributed by atoms with van der Waals surface area (Å²) in [4.78, 5) is 25.7.